The van der Waals surface area contributed by atoms with Crippen LogP contribution < -0.4 is 0 Å². The van der Waals surface area contributed by atoms with Crippen molar-refractivity contribution in [1.29, 1.82) is 0 Å². The van der Waals surface area contributed by atoms with E-state index in [-0.39, 0.29) is 6.79 Å². The molecule has 0 bridgehead atoms. The molecule has 0 aliphatic carbocycles. The van der Waals surface area contributed by atoms with Crippen LogP contribution in [-0.2, 0) is 9.47 Å². The Balaban J connectivity index is 2.80. The lowest BCUT2D eigenvalue weighted by Gasteiger charge is -2.06. The summed E-state index contributed by atoms with van der Waals surface area (Å²) in [6.45, 7) is 17.4. The van der Waals surface area contributed by atoms with Gasteiger partial charge in [-0.15, -0.1) is 0 Å². The Hall–Kier alpha value is -1.96. The van der Waals surface area contributed by atoms with E-state index in [9.17, 15) is 0 Å². The molecule has 0 spiro atoms. The van der Waals surface area contributed by atoms with Crippen LogP contribution in [0.3, 0.4) is 0 Å². The van der Waals surface area contributed by atoms with E-state index in [0.717, 1.165) is 16.7 Å². The SMILES string of the molecule is C=C/C=C(/C)C(=C)C(=C)/C=C1/OCOC1=C. The van der Waals surface area contributed by atoms with Gasteiger partial charge in [0, 0.05) is 0 Å². The molecule has 16 heavy (non-hydrogen) atoms. The first kappa shape index (κ1) is 12.1. The number of allylic oxidation sites excluding steroid dienone is 6. The van der Waals surface area contributed by atoms with Crippen LogP contribution in [0.4, 0.5) is 0 Å². The molecule has 1 saturated heterocycles. The van der Waals surface area contributed by atoms with E-state index < -0.39 is 0 Å². The molecule has 84 valence electrons. The third kappa shape index (κ3) is 2.76. The lowest BCUT2D eigenvalue weighted by atomic mass is 10.0. The van der Waals surface area contributed by atoms with Crippen LogP contribution in [0.2, 0.25) is 0 Å². The van der Waals surface area contributed by atoms with E-state index >= 15 is 0 Å². The molecule has 1 heterocycles. The predicted molar refractivity (Wildman–Crippen MR) is 66.5 cm³/mol. The molecule has 0 amide bonds. The third-order valence-electron chi connectivity index (χ3n) is 2.26. The van der Waals surface area contributed by atoms with Crippen LogP contribution in [-0.4, -0.2) is 6.79 Å². The lowest BCUT2D eigenvalue weighted by Crippen LogP contribution is -1.89. The second kappa shape index (κ2) is 5.21. The van der Waals surface area contributed by atoms with Crippen molar-refractivity contribution in [3.63, 3.8) is 0 Å². The Morgan fingerprint density at radius 2 is 2.00 bits per heavy atom. The van der Waals surface area contributed by atoms with Gasteiger partial charge in [0.05, 0.1) is 0 Å². The number of hydrogen-bond acceptors (Lipinski definition) is 2. The largest absolute Gasteiger partial charge is 0.454 e. The van der Waals surface area contributed by atoms with Crippen molar-refractivity contribution in [1.82, 2.24) is 0 Å². The number of hydrogen-bond donors (Lipinski definition) is 0. The van der Waals surface area contributed by atoms with E-state index in [2.05, 4.69) is 26.3 Å². The molecular weight excluding hydrogens is 200 g/mol. The van der Waals surface area contributed by atoms with Gasteiger partial charge in [-0.25, -0.2) is 0 Å². The summed E-state index contributed by atoms with van der Waals surface area (Å²) in [5.41, 5.74) is 2.63. The molecule has 0 saturated carbocycles. The maximum Gasteiger partial charge on any atom is 0.231 e. The van der Waals surface area contributed by atoms with Gasteiger partial charge >= 0.3 is 0 Å². The van der Waals surface area contributed by atoms with Crippen molar-refractivity contribution < 1.29 is 9.47 Å². The fraction of sp³-hybridized carbons (Fsp3) is 0.143. The highest BCUT2D eigenvalue weighted by atomic mass is 16.7. The highest BCUT2D eigenvalue weighted by molar-refractivity contribution is 5.50. The standard InChI is InChI=1S/C14H16O2/c1-6-7-10(2)12(4)11(3)8-14-13(5)15-9-16-14/h6-8H,1,3-5,9H2,2H3/b10-7-,14-8+. The molecule has 0 atom stereocenters. The van der Waals surface area contributed by atoms with E-state index in [4.69, 9.17) is 9.47 Å². The zero-order chi connectivity index (χ0) is 12.1. The molecule has 0 aromatic rings. The van der Waals surface area contributed by atoms with Crippen LogP contribution in [0.1, 0.15) is 6.92 Å². The Labute approximate surface area is 96.6 Å². The van der Waals surface area contributed by atoms with Crippen molar-refractivity contribution in [2.24, 2.45) is 0 Å². The van der Waals surface area contributed by atoms with Gasteiger partial charge < -0.3 is 9.47 Å². The summed E-state index contributed by atoms with van der Waals surface area (Å²) in [5, 5.41) is 0. The Kier molecular flexibility index (Phi) is 3.95. The van der Waals surface area contributed by atoms with Gasteiger partial charge in [0.15, 0.2) is 11.5 Å². The lowest BCUT2D eigenvalue weighted by molar-refractivity contribution is 0.0980. The van der Waals surface area contributed by atoms with E-state index in [0.29, 0.717) is 11.5 Å². The van der Waals surface area contributed by atoms with Crippen molar-refractivity contribution in [2.45, 2.75) is 6.92 Å². The minimum absolute atomic E-state index is 0.214. The monoisotopic (exact) mass is 216 g/mol. The quantitative estimate of drug-likeness (QED) is 0.668. The average molecular weight is 216 g/mol. The summed E-state index contributed by atoms with van der Waals surface area (Å²) in [6, 6.07) is 0. The summed E-state index contributed by atoms with van der Waals surface area (Å²) in [5.74, 6) is 1.14. The molecule has 1 rings (SSSR count). The van der Waals surface area contributed by atoms with Gasteiger partial charge in [-0.2, -0.15) is 0 Å². The number of rotatable bonds is 4. The predicted octanol–water partition coefficient (Wildman–Crippen LogP) is 3.63. The van der Waals surface area contributed by atoms with E-state index in [1.165, 1.54) is 0 Å². The maximum atomic E-state index is 5.22. The minimum atomic E-state index is 0.214. The van der Waals surface area contributed by atoms with Gasteiger partial charge in [0.25, 0.3) is 0 Å². The van der Waals surface area contributed by atoms with E-state index in [1.54, 1.807) is 12.2 Å². The summed E-state index contributed by atoms with van der Waals surface area (Å²) < 4.78 is 10.3. The molecule has 1 aliphatic heterocycles. The van der Waals surface area contributed by atoms with Gasteiger partial charge in [0.2, 0.25) is 6.79 Å². The Morgan fingerprint density at radius 3 is 2.50 bits per heavy atom. The molecule has 0 aromatic carbocycles. The third-order valence-corrected chi connectivity index (χ3v) is 2.26. The fourth-order valence-corrected chi connectivity index (χ4v) is 1.21. The smallest absolute Gasteiger partial charge is 0.231 e. The first-order valence-corrected chi connectivity index (χ1v) is 4.90. The van der Waals surface area contributed by atoms with Crippen LogP contribution in [0.25, 0.3) is 0 Å². The van der Waals surface area contributed by atoms with Crippen molar-refractivity contribution in [2.75, 3.05) is 6.79 Å². The molecule has 2 heteroatoms. The van der Waals surface area contributed by atoms with Crippen LogP contribution in [0.15, 0.2) is 72.8 Å². The normalized spacial score (nSPS) is 17.9. The second-order valence-corrected chi connectivity index (χ2v) is 3.43. The van der Waals surface area contributed by atoms with Gasteiger partial charge in [-0.1, -0.05) is 38.5 Å². The van der Waals surface area contributed by atoms with Crippen molar-refractivity contribution >= 4 is 0 Å². The van der Waals surface area contributed by atoms with Gasteiger partial charge in [-0.3, -0.25) is 0 Å². The van der Waals surface area contributed by atoms with Gasteiger partial charge in [-0.05, 0) is 29.7 Å². The van der Waals surface area contributed by atoms with Crippen LogP contribution in [0, 0.1) is 0 Å². The minimum Gasteiger partial charge on any atom is -0.454 e. The number of ether oxygens (including phenoxy) is 2. The van der Waals surface area contributed by atoms with Crippen LogP contribution in [0.5, 0.6) is 0 Å². The molecule has 1 fully saturated rings. The summed E-state index contributed by atoms with van der Waals surface area (Å²) in [6.07, 6.45) is 5.37. The van der Waals surface area contributed by atoms with Crippen molar-refractivity contribution in [3.8, 4) is 0 Å². The molecular formula is C14H16O2. The summed E-state index contributed by atoms with van der Waals surface area (Å²) >= 11 is 0. The molecule has 1 aliphatic rings. The Morgan fingerprint density at radius 1 is 1.31 bits per heavy atom. The highest BCUT2D eigenvalue weighted by Gasteiger charge is 2.14. The zero-order valence-electron chi connectivity index (χ0n) is 9.58. The first-order chi connectivity index (χ1) is 7.56. The second-order valence-electron chi connectivity index (χ2n) is 3.43. The molecule has 0 N–H and O–H groups in total. The Bertz CT molecular complexity index is 408. The highest BCUT2D eigenvalue weighted by Crippen LogP contribution is 2.24. The fourth-order valence-electron chi connectivity index (χ4n) is 1.21. The van der Waals surface area contributed by atoms with Crippen LogP contribution >= 0.6 is 0 Å². The summed E-state index contributed by atoms with van der Waals surface area (Å²) in [4.78, 5) is 0. The zero-order valence-corrected chi connectivity index (χ0v) is 9.58. The molecule has 2 nitrogen and oxygen atoms in total. The average Bonchev–Trinajstić information content (AvgIpc) is 2.63. The first-order valence-electron chi connectivity index (χ1n) is 4.90. The summed E-state index contributed by atoms with van der Waals surface area (Å²) in [7, 11) is 0. The maximum absolute atomic E-state index is 5.22. The molecule has 0 radical (unpaired) electrons. The molecule has 0 unspecified atom stereocenters. The van der Waals surface area contributed by atoms with Crippen molar-refractivity contribution in [3.05, 3.63) is 72.8 Å². The topological polar surface area (TPSA) is 18.5 Å². The van der Waals surface area contributed by atoms with E-state index in [1.807, 2.05) is 13.0 Å². The van der Waals surface area contributed by atoms with Gasteiger partial charge in [0.1, 0.15) is 0 Å². The molecule has 0 aromatic heterocycles.